The van der Waals surface area contributed by atoms with E-state index < -0.39 is 10.0 Å². The van der Waals surface area contributed by atoms with Crippen LogP contribution in [0.4, 0.5) is 5.69 Å². The van der Waals surface area contributed by atoms with Crippen LogP contribution in [0.3, 0.4) is 0 Å². The predicted molar refractivity (Wildman–Crippen MR) is 112 cm³/mol. The average molecular weight is 420 g/mol. The molecule has 1 fully saturated rings. The number of halogens is 1. The van der Waals surface area contributed by atoms with Crippen molar-refractivity contribution in [1.82, 2.24) is 9.21 Å². The van der Waals surface area contributed by atoms with Gasteiger partial charge in [-0.2, -0.15) is 4.31 Å². The van der Waals surface area contributed by atoms with Crippen molar-refractivity contribution in [3.8, 4) is 0 Å². The fourth-order valence-electron chi connectivity index (χ4n) is 2.89. The zero-order valence-electron chi connectivity index (χ0n) is 15.3. The highest BCUT2D eigenvalue weighted by Gasteiger charge is 2.25. The first-order valence-electron chi connectivity index (χ1n) is 8.93. The molecule has 1 heterocycles. The first-order chi connectivity index (χ1) is 13.4. The summed E-state index contributed by atoms with van der Waals surface area (Å²) in [5, 5.41) is 4.66. The Bertz CT molecular complexity index is 923. The first kappa shape index (κ1) is 20.5. The molecule has 1 N–H and O–H groups in total. The van der Waals surface area contributed by atoms with Crippen LogP contribution in [0, 0.1) is 0 Å². The standard InChI is InChI=1S/C20H22ClN3O3S/c21-18-6-8-19(9-7-18)22-20(25)16-23-11-13-24(14-12-23)28(26,27)15-10-17-4-2-1-3-5-17/h1-10,15H,11-14,16H2,(H,22,25)/b15-10-. The summed E-state index contributed by atoms with van der Waals surface area (Å²) in [6.07, 6.45) is 1.60. The Balaban J connectivity index is 1.49. The number of hydrogen-bond acceptors (Lipinski definition) is 4. The summed E-state index contributed by atoms with van der Waals surface area (Å²) >= 11 is 5.83. The zero-order valence-corrected chi connectivity index (χ0v) is 16.9. The number of carbonyl (C=O) groups excluding carboxylic acids is 1. The zero-order chi connectivity index (χ0) is 20.0. The molecular formula is C20H22ClN3O3S. The van der Waals surface area contributed by atoms with E-state index in [4.69, 9.17) is 11.6 Å². The van der Waals surface area contributed by atoms with Gasteiger partial charge in [-0.1, -0.05) is 41.9 Å². The lowest BCUT2D eigenvalue weighted by atomic mass is 10.2. The maximum absolute atomic E-state index is 12.5. The van der Waals surface area contributed by atoms with Crippen molar-refractivity contribution in [2.24, 2.45) is 0 Å². The number of carbonyl (C=O) groups is 1. The van der Waals surface area contributed by atoms with Crippen LogP contribution in [0.2, 0.25) is 5.02 Å². The predicted octanol–water partition coefficient (Wildman–Crippen LogP) is 2.90. The van der Waals surface area contributed by atoms with E-state index in [1.165, 1.54) is 9.71 Å². The molecule has 0 aliphatic carbocycles. The van der Waals surface area contributed by atoms with Crippen LogP contribution >= 0.6 is 11.6 Å². The van der Waals surface area contributed by atoms with Gasteiger partial charge in [0.1, 0.15) is 0 Å². The third-order valence-electron chi connectivity index (χ3n) is 4.42. The number of anilines is 1. The number of benzene rings is 2. The van der Waals surface area contributed by atoms with Crippen molar-refractivity contribution >= 4 is 39.3 Å². The van der Waals surface area contributed by atoms with E-state index in [-0.39, 0.29) is 12.5 Å². The van der Waals surface area contributed by atoms with Gasteiger partial charge in [0, 0.05) is 42.3 Å². The lowest BCUT2D eigenvalue weighted by Crippen LogP contribution is -2.49. The molecule has 8 heteroatoms. The van der Waals surface area contributed by atoms with Crippen LogP contribution in [-0.2, 0) is 14.8 Å². The van der Waals surface area contributed by atoms with E-state index in [1.807, 2.05) is 35.2 Å². The molecule has 0 spiro atoms. The molecule has 0 aromatic heterocycles. The molecule has 0 atom stereocenters. The Morgan fingerprint density at radius 1 is 1.00 bits per heavy atom. The molecule has 1 aliphatic rings. The summed E-state index contributed by atoms with van der Waals surface area (Å²) in [5.74, 6) is -0.136. The van der Waals surface area contributed by atoms with E-state index in [2.05, 4.69) is 5.32 Å². The summed E-state index contributed by atoms with van der Waals surface area (Å²) in [6, 6.07) is 16.2. The third-order valence-corrected chi connectivity index (χ3v) is 6.24. The van der Waals surface area contributed by atoms with Crippen LogP contribution in [0.25, 0.3) is 6.08 Å². The lowest BCUT2D eigenvalue weighted by molar-refractivity contribution is -0.117. The molecule has 2 aromatic carbocycles. The number of nitrogens with zero attached hydrogens (tertiary/aromatic N) is 2. The average Bonchev–Trinajstić information content (AvgIpc) is 2.69. The van der Waals surface area contributed by atoms with E-state index in [9.17, 15) is 13.2 Å². The molecule has 148 valence electrons. The molecule has 1 saturated heterocycles. The Morgan fingerprint density at radius 2 is 1.64 bits per heavy atom. The van der Waals surface area contributed by atoms with Gasteiger partial charge in [0.25, 0.3) is 0 Å². The van der Waals surface area contributed by atoms with Gasteiger partial charge in [0.2, 0.25) is 15.9 Å². The first-order valence-corrected chi connectivity index (χ1v) is 10.8. The Morgan fingerprint density at radius 3 is 2.29 bits per heavy atom. The molecule has 28 heavy (non-hydrogen) atoms. The van der Waals surface area contributed by atoms with Gasteiger partial charge in [-0.3, -0.25) is 9.69 Å². The monoisotopic (exact) mass is 419 g/mol. The molecular weight excluding hydrogens is 398 g/mol. The Hall–Kier alpha value is -2.19. The number of piperazine rings is 1. The molecule has 0 radical (unpaired) electrons. The summed E-state index contributed by atoms with van der Waals surface area (Å²) in [5.41, 5.74) is 1.52. The van der Waals surface area contributed by atoms with Crippen molar-refractivity contribution < 1.29 is 13.2 Å². The molecule has 6 nitrogen and oxygen atoms in total. The molecule has 1 amide bonds. The number of sulfonamides is 1. The van der Waals surface area contributed by atoms with Crippen molar-refractivity contribution in [2.45, 2.75) is 0 Å². The second-order valence-electron chi connectivity index (χ2n) is 6.49. The molecule has 1 aliphatic heterocycles. The van der Waals surface area contributed by atoms with Gasteiger partial charge >= 0.3 is 0 Å². The van der Waals surface area contributed by atoms with Crippen LogP contribution in [0.1, 0.15) is 5.56 Å². The van der Waals surface area contributed by atoms with Gasteiger partial charge in [0.05, 0.1) is 6.54 Å². The van der Waals surface area contributed by atoms with E-state index >= 15 is 0 Å². The minimum Gasteiger partial charge on any atom is -0.325 e. The van der Waals surface area contributed by atoms with Gasteiger partial charge in [0.15, 0.2) is 0 Å². The Kier molecular flexibility index (Phi) is 6.85. The fraction of sp³-hybridized carbons (Fsp3) is 0.250. The van der Waals surface area contributed by atoms with Gasteiger partial charge < -0.3 is 5.32 Å². The van der Waals surface area contributed by atoms with Crippen LogP contribution in [0.5, 0.6) is 0 Å². The van der Waals surface area contributed by atoms with Gasteiger partial charge in [-0.25, -0.2) is 8.42 Å². The van der Waals surface area contributed by atoms with Gasteiger partial charge in [-0.15, -0.1) is 0 Å². The number of amides is 1. The van der Waals surface area contributed by atoms with Crippen LogP contribution in [-0.4, -0.2) is 56.3 Å². The number of rotatable bonds is 6. The number of nitrogens with one attached hydrogen (secondary N) is 1. The largest absolute Gasteiger partial charge is 0.325 e. The minimum absolute atomic E-state index is 0.136. The van der Waals surface area contributed by atoms with Crippen molar-refractivity contribution in [3.05, 3.63) is 70.6 Å². The van der Waals surface area contributed by atoms with E-state index in [0.29, 0.717) is 36.9 Å². The highest BCUT2D eigenvalue weighted by Crippen LogP contribution is 2.14. The van der Waals surface area contributed by atoms with Gasteiger partial charge in [-0.05, 0) is 35.9 Å². The highest BCUT2D eigenvalue weighted by atomic mass is 35.5. The van der Waals surface area contributed by atoms with Crippen molar-refractivity contribution in [2.75, 3.05) is 38.0 Å². The fourth-order valence-corrected chi connectivity index (χ4v) is 4.19. The SMILES string of the molecule is O=C(CN1CCN(S(=O)(=O)/C=C\c2ccccc2)CC1)Nc1ccc(Cl)cc1. The van der Waals surface area contributed by atoms with Crippen molar-refractivity contribution in [1.29, 1.82) is 0 Å². The smallest absolute Gasteiger partial charge is 0.238 e. The normalized spacial score (nSPS) is 16.3. The number of hydrogen-bond donors (Lipinski definition) is 1. The molecule has 2 aromatic rings. The second-order valence-corrected chi connectivity index (χ2v) is 8.74. The van der Waals surface area contributed by atoms with E-state index in [1.54, 1.807) is 30.3 Å². The van der Waals surface area contributed by atoms with Crippen molar-refractivity contribution in [3.63, 3.8) is 0 Å². The quantitative estimate of drug-likeness (QED) is 0.781. The molecule has 0 saturated carbocycles. The third kappa shape index (κ3) is 5.90. The van der Waals surface area contributed by atoms with E-state index in [0.717, 1.165) is 5.56 Å². The topological polar surface area (TPSA) is 69.7 Å². The maximum Gasteiger partial charge on any atom is 0.238 e. The summed E-state index contributed by atoms with van der Waals surface area (Å²) < 4.78 is 26.4. The minimum atomic E-state index is -3.47. The van der Waals surface area contributed by atoms with Crippen LogP contribution < -0.4 is 5.32 Å². The molecule has 3 rings (SSSR count). The Labute approximate surface area is 170 Å². The summed E-state index contributed by atoms with van der Waals surface area (Å²) in [6.45, 7) is 1.95. The molecule has 0 unspecified atom stereocenters. The highest BCUT2D eigenvalue weighted by molar-refractivity contribution is 7.92. The lowest BCUT2D eigenvalue weighted by Gasteiger charge is -2.32. The molecule has 0 bridgehead atoms. The maximum atomic E-state index is 12.5. The summed E-state index contributed by atoms with van der Waals surface area (Å²) in [4.78, 5) is 14.1. The van der Waals surface area contributed by atoms with Crippen LogP contribution in [0.15, 0.2) is 60.0 Å². The summed E-state index contributed by atoms with van der Waals surface area (Å²) in [7, 11) is -3.47. The second kappa shape index (κ2) is 9.34.